The molecule has 24 heavy (non-hydrogen) atoms. The summed E-state index contributed by atoms with van der Waals surface area (Å²) in [5.74, 6) is -0.179. The third-order valence-electron chi connectivity index (χ3n) is 4.78. The normalized spacial score (nSPS) is 13.9. The summed E-state index contributed by atoms with van der Waals surface area (Å²) in [7, 11) is 1.72. The fourth-order valence-corrected chi connectivity index (χ4v) is 3.52. The van der Waals surface area contributed by atoms with Gasteiger partial charge >= 0.3 is 0 Å². The Balaban J connectivity index is 1.66. The quantitative estimate of drug-likeness (QED) is 0.789. The lowest BCUT2D eigenvalue weighted by Gasteiger charge is -2.14. The number of para-hydroxylation sites is 1. The SMILES string of the molecule is Cn1c(=O)cc(C(=O)NC2Cc3ccccc3C2)c2ccccc21. The Bertz CT molecular complexity index is 979. The molecule has 1 aliphatic carbocycles. The first-order valence-corrected chi connectivity index (χ1v) is 8.10. The van der Waals surface area contributed by atoms with E-state index in [-0.39, 0.29) is 17.5 Å². The molecule has 4 heteroatoms. The van der Waals surface area contributed by atoms with E-state index in [1.54, 1.807) is 11.6 Å². The minimum Gasteiger partial charge on any atom is -0.349 e. The van der Waals surface area contributed by atoms with Crippen molar-refractivity contribution in [1.82, 2.24) is 9.88 Å². The van der Waals surface area contributed by atoms with Crippen molar-refractivity contribution in [2.45, 2.75) is 18.9 Å². The second kappa shape index (κ2) is 5.64. The molecule has 1 aliphatic rings. The highest BCUT2D eigenvalue weighted by molar-refractivity contribution is 6.06. The highest BCUT2D eigenvalue weighted by atomic mass is 16.2. The lowest BCUT2D eigenvalue weighted by atomic mass is 10.1. The van der Waals surface area contributed by atoms with Gasteiger partial charge in [0, 0.05) is 24.5 Å². The second-order valence-corrected chi connectivity index (χ2v) is 6.32. The molecule has 0 bridgehead atoms. The Morgan fingerprint density at radius 1 is 1.04 bits per heavy atom. The number of pyridine rings is 1. The Morgan fingerprint density at radius 2 is 1.67 bits per heavy atom. The minimum absolute atomic E-state index is 0.0812. The summed E-state index contributed by atoms with van der Waals surface area (Å²) in [6, 6.07) is 17.3. The van der Waals surface area contributed by atoms with Gasteiger partial charge in [-0.2, -0.15) is 0 Å². The van der Waals surface area contributed by atoms with Gasteiger partial charge in [0.25, 0.3) is 11.5 Å². The first-order valence-electron chi connectivity index (χ1n) is 8.10. The molecule has 1 heterocycles. The molecule has 1 aromatic heterocycles. The number of hydrogen-bond donors (Lipinski definition) is 1. The average molecular weight is 318 g/mol. The molecule has 120 valence electrons. The number of aryl methyl sites for hydroxylation is 1. The highest BCUT2D eigenvalue weighted by Gasteiger charge is 2.23. The number of hydrogen-bond acceptors (Lipinski definition) is 2. The molecule has 0 saturated carbocycles. The van der Waals surface area contributed by atoms with Crippen LogP contribution in [-0.4, -0.2) is 16.5 Å². The third-order valence-corrected chi connectivity index (χ3v) is 4.78. The largest absolute Gasteiger partial charge is 0.349 e. The van der Waals surface area contributed by atoms with Crippen molar-refractivity contribution in [2.24, 2.45) is 7.05 Å². The van der Waals surface area contributed by atoms with E-state index >= 15 is 0 Å². The van der Waals surface area contributed by atoms with Crippen LogP contribution in [0.2, 0.25) is 0 Å². The Labute approximate surface area is 139 Å². The van der Waals surface area contributed by atoms with Crippen molar-refractivity contribution in [1.29, 1.82) is 0 Å². The van der Waals surface area contributed by atoms with Crippen LogP contribution in [0, 0.1) is 0 Å². The summed E-state index contributed by atoms with van der Waals surface area (Å²) in [6.07, 6.45) is 1.68. The van der Waals surface area contributed by atoms with Gasteiger partial charge in [-0.15, -0.1) is 0 Å². The van der Waals surface area contributed by atoms with Gasteiger partial charge in [0.2, 0.25) is 0 Å². The molecule has 0 spiro atoms. The predicted molar refractivity (Wildman–Crippen MR) is 94.3 cm³/mol. The Morgan fingerprint density at radius 3 is 2.38 bits per heavy atom. The van der Waals surface area contributed by atoms with Crippen LogP contribution in [0.3, 0.4) is 0 Å². The number of carbonyl (C=O) groups is 1. The number of carbonyl (C=O) groups excluding carboxylic acids is 1. The van der Waals surface area contributed by atoms with Gasteiger partial charge < -0.3 is 9.88 Å². The number of aromatic nitrogens is 1. The van der Waals surface area contributed by atoms with Crippen molar-refractivity contribution in [3.05, 3.63) is 81.6 Å². The highest BCUT2D eigenvalue weighted by Crippen LogP contribution is 2.22. The maximum Gasteiger partial charge on any atom is 0.252 e. The molecule has 4 nitrogen and oxygen atoms in total. The number of nitrogens with zero attached hydrogens (tertiary/aromatic N) is 1. The van der Waals surface area contributed by atoms with E-state index in [0.717, 1.165) is 23.7 Å². The van der Waals surface area contributed by atoms with Gasteiger partial charge in [0.15, 0.2) is 0 Å². The maximum absolute atomic E-state index is 12.8. The third kappa shape index (κ3) is 2.40. The number of fused-ring (bicyclic) bond motifs is 2. The molecule has 4 rings (SSSR count). The number of benzene rings is 2. The molecular weight excluding hydrogens is 300 g/mol. The van der Waals surface area contributed by atoms with Crippen LogP contribution in [-0.2, 0) is 19.9 Å². The number of amides is 1. The molecule has 0 aliphatic heterocycles. The standard InChI is InChI=1S/C20H18N2O2/c1-22-18-9-5-4-8-16(18)17(12-19(22)23)20(24)21-15-10-13-6-2-3-7-14(13)11-15/h2-9,12,15H,10-11H2,1H3,(H,21,24). The van der Waals surface area contributed by atoms with Crippen molar-refractivity contribution in [3.63, 3.8) is 0 Å². The van der Waals surface area contributed by atoms with E-state index in [4.69, 9.17) is 0 Å². The van der Waals surface area contributed by atoms with E-state index in [1.165, 1.54) is 17.2 Å². The smallest absolute Gasteiger partial charge is 0.252 e. The Kier molecular flexibility index (Phi) is 3.45. The minimum atomic E-state index is -0.179. The number of rotatable bonds is 2. The monoisotopic (exact) mass is 318 g/mol. The lowest BCUT2D eigenvalue weighted by Crippen LogP contribution is -2.36. The molecule has 0 fully saturated rings. The van der Waals surface area contributed by atoms with Gasteiger partial charge in [-0.05, 0) is 30.0 Å². The van der Waals surface area contributed by atoms with E-state index in [0.29, 0.717) is 5.56 Å². The molecule has 0 radical (unpaired) electrons. The molecule has 1 N–H and O–H groups in total. The van der Waals surface area contributed by atoms with E-state index < -0.39 is 0 Å². The zero-order chi connectivity index (χ0) is 16.7. The van der Waals surface area contributed by atoms with Crippen molar-refractivity contribution >= 4 is 16.8 Å². The topological polar surface area (TPSA) is 51.1 Å². The van der Waals surface area contributed by atoms with Crippen LogP contribution in [0.25, 0.3) is 10.9 Å². The van der Waals surface area contributed by atoms with Gasteiger partial charge in [-0.25, -0.2) is 0 Å². The molecule has 0 saturated heterocycles. The van der Waals surface area contributed by atoms with Gasteiger partial charge in [-0.3, -0.25) is 9.59 Å². The summed E-state index contributed by atoms with van der Waals surface area (Å²) in [5, 5.41) is 3.89. The number of nitrogens with one attached hydrogen (secondary N) is 1. The average Bonchev–Trinajstić information content (AvgIpc) is 3.00. The van der Waals surface area contributed by atoms with Gasteiger partial charge in [-0.1, -0.05) is 42.5 Å². The first kappa shape index (κ1) is 14.7. The van der Waals surface area contributed by atoms with E-state index in [2.05, 4.69) is 17.4 Å². The first-order chi connectivity index (χ1) is 11.6. The maximum atomic E-state index is 12.8. The fourth-order valence-electron chi connectivity index (χ4n) is 3.52. The molecule has 0 unspecified atom stereocenters. The molecular formula is C20H18N2O2. The van der Waals surface area contributed by atoms with Gasteiger partial charge in [0.05, 0.1) is 11.1 Å². The summed E-state index contributed by atoms with van der Waals surface area (Å²) >= 11 is 0. The van der Waals surface area contributed by atoms with Gasteiger partial charge in [0.1, 0.15) is 0 Å². The zero-order valence-corrected chi connectivity index (χ0v) is 13.5. The Hall–Kier alpha value is -2.88. The summed E-state index contributed by atoms with van der Waals surface area (Å²) in [6.45, 7) is 0. The molecule has 1 amide bonds. The van der Waals surface area contributed by atoms with Crippen molar-refractivity contribution in [3.8, 4) is 0 Å². The predicted octanol–water partition coefficient (Wildman–Crippen LogP) is 2.44. The van der Waals surface area contributed by atoms with Crippen LogP contribution < -0.4 is 10.9 Å². The van der Waals surface area contributed by atoms with E-state index in [9.17, 15) is 9.59 Å². The summed E-state index contributed by atoms with van der Waals surface area (Å²) in [4.78, 5) is 24.9. The second-order valence-electron chi connectivity index (χ2n) is 6.32. The summed E-state index contributed by atoms with van der Waals surface area (Å²) < 4.78 is 1.57. The van der Waals surface area contributed by atoms with Crippen molar-refractivity contribution < 1.29 is 4.79 Å². The van der Waals surface area contributed by atoms with Crippen LogP contribution in [0.15, 0.2) is 59.4 Å². The molecule has 2 aromatic carbocycles. The van der Waals surface area contributed by atoms with Crippen molar-refractivity contribution in [2.75, 3.05) is 0 Å². The zero-order valence-electron chi connectivity index (χ0n) is 13.5. The fraction of sp³-hybridized carbons (Fsp3) is 0.200. The lowest BCUT2D eigenvalue weighted by molar-refractivity contribution is 0.0940. The summed E-state index contributed by atoms with van der Waals surface area (Å²) in [5.41, 5.74) is 3.62. The molecule has 0 atom stereocenters. The molecule has 3 aromatic rings. The van der Waals surface area contributed by atoms with E-state index in [1.807, 2.05) is 36.4 Å². The van der Waals surface area contributed by atoms with Crippen LogP contribution in [0.5, 0.6) is 0 Å². The van der Waals surface area contributed by atoms with Crippen LogP contribution >= 0.6 is 0 Å². The van der Waals surface area contributed by atoms with Crippen LogP contribution in [0.4, 0.5) is 0 Å². The van der Waals surface area contributed by atoms with Crippen LogP contribution in [0.1, 0.15) is 21.5 Å².